The van der Waals surface area contributed by atoms with Crippen LogP contribution in [0.1, 0.15) is 24.2 Å². The van der Waals surface area contributed by atoms with Crippen LogP contribution in [0, 0.1) is 0 Å². The Bertz CT molecular complexity index is 1140. The molecule has 11 heteroatoms. The van der Waals surface area contributed by atoms with Crippen molar-refractivity contribution in [3.63, 3.8) is 0 Å². The molecule has 1 aromatic heterocycles. The fourth-order valence-corrected chi connectivity index (χ4v) is 3.05. The Labute approximate surface area is 202 Å². The summed E-state index contributed by atoms with van der Waals surface area (Å²) in [6, 6.07) is 15.0. The number of nitrogens with zero attached hydrogens (tertiary/aromatic N) is 3. The average molecular weight is 484 g/mol. The number of benzene rings is 2. The van der Waals surface area contributed by atoms with E-state index in [1.165, 1.54) is 0 Å². The number of fused-ring (bicyclic) bond motifs is 1. The summed E-state index contributed by atoms with van der Waals surface area (Å²) in [6.45, 7) is 6.89. The second-order valence-electron chi connectivity index (χ2n) is 7.08. The van der Waals surface area contributed by atoms with Crippen molar-refractivity contribution in [1.82, 2.24) is 15.3 Å². The van der Waals surface area contributed by atoms with E-state index in [4.69, 9.17) is 29.5 Å². The van der Waals surface area contributed by atoms with Gasteiger partial charge in [-0.2, -0.15) is 4.98 Å². The zero-order valence-corrected chi connectivity index (χ0v) is 19.8. The molecule has 0 bridgehead atoms. The van der Waals surface area contributed by atoms with Gasteiger partial charge < -0.3 is 30.5 Å². The Morgan fingerprint density at radius 3 is 2.11 bits per heavy atom. The predicted molar refractivity (Wildman–Crippen MR) is 132 cm³/mol. The van der Waals surface area contributed by atoms with Crippen LogP contribution in [0.5, 0.6) is 5.75 Å². The number of carbonyl (C=O) groups excluding carboxylic acids is 1. The van der Waals surface area contributed by atoms with Crippen molar-refractivity contribution in [2.45, 2.75) is 13.8 Å². The van der Waals surface area contributed by atoms with Crippen molar-refractivity contribution in [3.8, 4) is 5.75 Å². The highest BCUT2D eigenvalue weighted by atomic mass is 16.5. The van der Waals surface area contributed by atoms with Crippen molar-refractivity contribution in [2.24, 2.45) is 0 Å². The fourth-order valence-electron chi connectivity index (χ4n) is 3.05. The first kappa shape index (κ1) is 26.8. The molecule has 0 spiro atoms. The van der Waals surface area contributed by atoms with Gasteiger partial charge in [0.15, 0.2) is 0 Å². The minimum Gasteiger partial charge on any atom is -0.497 e. The maximum Gasteiger partial charge on any atom is 0.414 e. The zero-order valence-electron chi connectivity index (χ0n) is 19.8. The van der Waals surface area contributed by atoms with Crippen molar-refractivity contribution in [1.29, 1.82) is 0 Å². The van der Waals surface area contributed by atoms with Gasteiger partial charge in [-0.25, -0.2) is 14.6 Å². The van der Waals surface area contributed by atoms with Gasteiger partial charge in [-0.1, -0.05) is 12.1 Å². The first-order chi connectivity index (χ1) is 16.8. The van der Waals surface area contributed by atoms with Crippen LogP contribution in [0.3, 0.4) is 0 Å². The molecule has 0 saturated heterocycles. The molecular weight excluding hydrogens is 454 g/mol. The van der Waals surface area contributed by atoms with Crippen LogP contribution in [0.15, 0.2) is 48.5 Å². The quantitative estimate of drug-likeness (QED) is 0.264. The molecule has 0 fully saturated rings. The van der Waals surface area contributed by atoms with Gasteiger partial charge in [-0.15, -0.1) is 0 Å². The zero-order chi connectivity index (χ0) is 25.8. The normalized spacial score (nSPS) is 10.0. The number of hydrogen-bond donors (Lipinski definition) is 4. The predicted octanol–water partition coefficient (Wildman–Crippen LogP) is 2.48. The summed E-state index contributed by atoms with van der Waals surface area (Å²) in [5.74, 6) is -1.56. The minimum absolute atomic E-state index is 0.120. The Morgan fingerprint density at radius 1 is 0.914 bits per heavy atom. The van der Waals surface area contributed by atoms with E-state index in [1.54, 1.807) is 31.4 Å². The van der Waals surface area contributed by atoms with Crippen LogP contribution in [0.2, 0.25) is 0 Å². The lowest BCUT2D eigenvalue weighted by Gasteiger charge is -2.20. The SMILES string of the molecule is CCN(CC)c1nc(NCCNC(=O)c2ccc(OC)cc2)c2ccccc2n1.O=C(O)C(=O)O. The summed E-state index contributed by atoms with van der Waals surface area (Å²) in [6.07, 6.45) is 0. The molecular formula is C24H29N5O6. The first-order valence-corrected chi connectivity index (χ1v) is 10.9. The lowest BCUT2D eigenvalue weighted by atomic mass is 10.2. The standard InChI is InChI=1S/C22H27N5O2.C2H2O4/c1-4-27(5-2)22-25-19-9-7-6-8-18(19)20(26-22)23-14-15-24-21(28)16-10-12-17(29-3)13-11-16;3-1(4)2(5)6/h6-13H,4-5,14-15H2,1-3H3,(H,24,28)(H,23,25,26);(H,3,4)(H,5,6). The number of ether oxygens (including phenoxy) is 1. The molecule has 1 heterocycles. The molecule has 0 aliphatic rings. The molecule has 3 rings (SSSR count). The average Bonchev–Trinajstić information content (AvgIpc) is 2.87. The molecule has 186 valence electrons. The van der Waals surface area contributed by atoms with Gasteiger partial charge in [-0.3, -0.25) is 4.79 Å². The molecule has 1 amide bonds. The van der Waals surface area contributed by atoms with Crippen molar-refractivity contribution in [2.75, 3.05) is 43.5 Å². The number of hydrogen-bond acceptors (Lipinski definition) is 8. The van der Waals surface area contributed by atoms with Crippen LogP contribution in [0.4, 0.5) is 11.8 Å². The van der Waals surface area contributed by atoms with E-state index in [0.29, 0.717) is 24.6 Å². The van der Waals surface area contributed by atoms with Crippen LogP contribution in [-0.4, -0.2) is 71.3 Å². The Balaban J connectivity index is 0.000000641. The molecule has 2 aromatic carbocycles. The molecule has 4 N–H and O–H groups in total. The van der Waals surface area contributed by atoms with Crippen LogP contribution in [-0.2, 0) is 9.59 Å². The van der Waals surface area contributed by atoms with E-state index < -0.39 is 11.9 Å². The topological polar surface area (TPSA) is 154 Å². The van der Waals surface area contributed by atoms with Gasteiger partial charge in [0.1, 0.15) is 11.6 Å². The number of amides is 1. The lowest BCUT2D eigenvalue weighted by molar-refractivity contribution is -0.159. The maximum atomic E-state index is 12.3. The first-order valence-electron chi connectivity index (χ1n) is 10.9. The third kappa shape index (κ3) is 7.84. The van der Waals surface area contributed by atoms with Crippen molar-refractivity contribution < 1.29 is 29.3 Å². The van der Waals surface area contributed by atoms with Gasteiger partial charge in [0, 0.05) is 37.1 Å². The largest absolute Gasteiger partial charge is 0.497 e. The molecule has 35 heavy (non-hydrogen) atoms. The molecule has 0 atom stereocenters. The van der Waals surface area contributed by atoms with E-state index in [2.05, 4.69) is 34.4 Å². The van der Waals surface area contributed by atoms with E-state index in [9.17, 15) is 4.79 Å². The summed E-state index contributed by atoms with van der Waals surface area (Å²) in [5, 5.41) is 22.0. The lowest BCUT2D eigenvalue weighted by Crippen LogP contribution is -2.29. The number of rotatable bonds is 9. The monoisotopic (exact) mass is 483 g/mol. The number of para-hydroxylation sites is 1. The van der Waals surface area contributed by atoms with Crippen molar-refractivity contribution >= 4 is 40.5 Å². The van der Waals surface area contributed by atoms with Crippen LogP contribution in [0.25, 0.3) is 10.9 Å². The van der Waals surface area contributed by atoms with Crippen molar-refractivity contribution in [3.05, 3.63) is 54.1 Å². The molecule has 0 saturated carbocycles. The molecule has 3 aromatic rings. The van der Waals surface area contributed by atoms with Crippen LogP contribution < -0.4 is 20.3 Å². The van der Waals surface area contributed by atoms with E-state index >= 15 is 0 Å². The highest BCUT2D eigenvalue weighted by molar-refractivity contribution is 6.27. The maximum absolute atomic E-state index is 12.3. The number of carboxylic acids is 2. The van der Waals surface area contributed by atoms with Gasteiger partial charge in [0.2, 0.25) is 5.95 Å². The second kappa shape index (κ2) is 13.3. The summed E-state index contributed by atoms with van der Waals surface area (Å²) >= 11 is 0. The van der Waals surface area contributed by atoms with Gasteiger partial charge in [-0.05, 0) is 50.2 Å². The highest BCUT2D eigenvalue weighted by Gasteiger charge is 2.11. The summed E-state index contributed by atoms with van der Waals surface area (Å²) in [4.78, 5) is 42.0. The molecule has 0 aliphatic carbocycles. The summed E-state index contributed by atoms with van der Waals surface area (Å²) in [7, 11) is 1.60. The van der Waals surface area contributed by atoms with E-state index in [-0.39, 0.29) is 5.91 Å². The molecule has 0 radical (unpaired) electrons. The number of methoxy groups -OCH3 is 1. The molecule has 0 unspecified atom stereocenters. The number of aliphatic carboxylic acids is 2. The van der Waals surface area contributed by atoms with Crippen LogP contribution >= 0.6 is 0 Å². The van der Waals surface area contributed by atoms with Gasteiger partial charge >= 0.3 is 11.9 Å². The van der Waals surface area contributed by atoms with Gasteiger partial charge in [0.05, 0.1) is 12.6 Å². The van der Waals surface area contributed by atoms with E-state index in [1.807, 2.05) is 24.3 Å². The fraction of sp³-hybridized carbons (Fsp3) is 0.292. The second-order valence-corrected chi connectivity index (χ2v) is 7.08. The smallest absolute Gasteiger partial charge is 0.414 e. The third-order valence-corrected chi connectivity index (χ3v) is 4.88. The molecule has 11 nitrogen and oxygen atoms in total. The number of anilines is 2. The summed E-state index contributed by atoms with van der Waals surface area (Å²) < 4.78 is 5.12. The number of carbonyl (C=O) groups is 3. The van der Waals surface area contributed by atoms with E-state index in [0.717, 1.165) is 35.6 Å². The van der Waals surface area contributed by atoms with Gasteiger partial charge in [0.25, 0.3) is 5.91 Å². The highest BCUT2D eigenvalue weighted by Crippen LogP contribution is 2.23. The Hall–Kier alpha value is -4.41. The Morgan fingerprint density at radius 2 is 1.54 bits per heavy atom. The molecule has 0 aliphatic heterocycles. The number of nitrogens with one attached hydrogen (secondary N) is 2. The Kier molecular flexibility index (Phi) is 10.2. The minimum atomic E-state index is -1.82. The third-order valence-electron chi connectivity index (χ3n) is 4.88. The number of aromatic nitrogens is 2. The summed E-state index contributed by atoms with van der Waals surface area (Å²) in [5.41, 5.74) is 1.50. The number of carboxylic acid groups (broad SMARTS) is 2.